The summed E-state index contributed by atoms with van der Waals surface area (Å²) in [6.45, 7) is 6.13. The van der Waals surface area contributed by atoms with Gasteiger partial charge in [0.05, 0.1) is 15.7 Å². The van der Waals surface area contributed by atoms with Crippen molar-refractivity contribution in [2.45, 2.75) is 19.8 Å². The molecule has 1 amide bonds. The minimum Gasteiger partial charge on any atom is -0.397 e. The molecule has 1 aliphatic heterocycles. The summed E-state index contributed by atoms with van der Waals surface area (Å²) in [5.74, 6) is 0.237. The molecule has 116 valence electrons. The molecule has 1 aromatic carbocycles. The molecule has 1 atom stereocenters. The Hall–Kier alpha value is -0.970. The van der Waals surface area contributed by atoms with E-state index in [1.165, 1.54) is 25.9 Å². The lowest BCUT2D eigenvalue weighted by molar-refractivity contribution is 0.0945. The van der Waals surface area contributed by atoms with Crippen LogP contribution in [0.5, 0.6) is 0 Å². The SMILES string of the molecule is CC(CNC(=O)c1cc(N)c(Cl)c(Cl)c1)CN1CCCC1. The summed E-state index contributed by atoms with van der Waals surface area (Å²) in [6.07, 6.45) is 2.56. The number of nitrogen functional groups attached to an aromatic ring is 1. The van der Waals surface area contributed by atoms with Crippen molar-refractivity contribution in [2.75, 3.05) is 31.9 Å². The maximum atomic E-state index is 12.1. The number of anilines is 1. The Bertz CT molecular complexity index is 493. The average molecular weight is 330 g/mol. The number of likely N-dealkylation sites (tertiary alicyclic amines) is 1. The van der Waals surface area contributed by atoms with Crippen LogP contribution in [0.15, 0.2) is 12.1 Å². The van der Waals surface area contributed by atoms with E-state index in [9.17, 15) is 4.79 Å². The minimum atomic E-state index is -0.173. The summed E-state index contributed by atoms with van der Waals surface area (Å²) < 4.78 is 0. The van der Waals surface area contributed by atoms with Crippen molar-refractivity contribution in [1.82, 2.24) is 10.2 Å². The standard InChI is InChI=1S/C15H21Cl2N3O/c1-10(9-20-4-2-3-5-20)8-19-15(21)11-6-12(16)14(17)13(18)7-11/h6-7,10H,2-5,8-9,18H2,1H3,(H,19,21). The van der Waals surface area contributed by atoms with Gasteiger partial charge in [0.2, 0.25) is 0 Å². The van der Waals surface area contributed by atoms with Gasteiger partial charge in [0.15, 0.2) is 0 Å². The predicted molar refractivity (Wildman–Crippen MR) is 88.0 cm³/mol. The highest BCUT2D eigenvalue weighted by Gasteiger charge is 2.16. The summed E-state index contributed by atoms with van der Waals surface area (Å²) in [4.78, 5) is 14.6. The molecule has 6 heteroatoms. The van der Waals surface area contributed by atoms with Gasteiger partial charge >= 0.3 is 0 Å². The molecule has 0 radical (unpaired) electrons. The fourth-order valence-corrected chi connectivity index (χ4v) is 2.92. The molecule has 0 aromatic heterocycles. The normalized spacial score (nSPS) is 16.9. The van der Waals surface area contributed by atoms with Crippen molar-refractivity contribution in [3.05, 3.63) is 27.7 Å². The second-order valence-corrected chi connectivity index (χ2v) is 6.47. The number of benzene rings is 1. The number of nitrogens with two attached hydrogens (primary N) is 1. The molecule has 0 spiro atoms. The van der Waals surface area contributed by atoms with Gasteiger partial charge in [0, 0.05) is 18.7 Å². The fourth-order valence-electron chi connectivity index (χ4n) is 2.58. The smallest absolute Gasteiger partial charge is 0.251 e. The molecule has 1 fully saturated rings. The van der Waals surface area contributed by atoms with Gasteiger partial charge in [-0.1, -0.05) is 30.1 Å². The first-order valence-electron chi connectivity index (χ1n) is 7.22. The number of hydrogen-bond donors (Lipinski definition) is 2. The van der Waals surface area contributed by atoms with E-state index in [2.05, 4.69) is 17.1 Å². The van der Waals surface area contributed by atoms with Crippen molar-refractivity contribution in [2.24, 2.45) is 5.92 Å². The van der Waals surface area contributed by atoms with Crippen LogP contribution in [0, 0.1) is 5.92 Å². The van der Waals surface area contributed by atoms with E-state index in [0.717, 1.165) is 6.54 Å². The summed E-state index contributed by atoms with van der Waals surface area (Å²) in [5.41, 5.74) is 6.48. The lowest BCUT2D eigenvalue weighted by atomic mass is 10.1. The van der Waals surface area contributed by atoms with Crippen LogP contribution in [0.2, 0.25) is 10.0 Å². The van der Waals surface area contributed by atoms with Gasteiger partial charge in [-0.3, -0.25) is 4.79 Å². The maximum Gasteiger partial charge on any atom is 0.251 e. The molecule has 0 saturated carbocycles. The molecular weight excluding hydrogens is 309 g/mol. The average Bonchev–Trinajstić information content (AvgIpc) is 2.94. The van der Waals surface area contributed by atoms with Crippen molar-refractivity contribution in [3.63, 3.8) is 0 Å². The Labute approximate surface area is 135 Å². The quantitative estimate of drug-likeness (QED) is 0.816. The molecule has 1 saturated heterocycles. The molecule has 3 N–H and O–H groups in total. The van der Waals surface area contributed by atoms with Gasteiger partial charge in [-0.15, -0.1) is 0 Å². The lowest BCUT2D eigenvalue weighted by Gasteiger charge is -2.20. The molecule has 1 unspecified atom stereocenters. The molecule has 2 rings (SSSR count). The lowest BCUT2D eigenvalue weighted by Crippen LogP contribution is -2.34. The summed E-state index contributed by atoms with van der Waals surface area (Å²) in [6, 6.07) is 3.09. The zero-order chi connectivity index (χ0) is 15.4. The highest BCUT2D eigenvalue weighted by molar-refractivity contribution is 6.43. The molecule has 21 heavy (non-hydrogen) atoms. The van der Waals surface area contributed by atoms with Crippen molar-refractivity contribution < 1.29 is 4.79 Å². The first kappa shape index (κ1) is 16.4. The van der Waals surface area contributed by atoms with Gasteiger partial charge in [-0.05, 0) is 44.0 Å². The van der Waals surface area contributed by atoms with Crippen LogP contribution in [0.3, 0.4) is 0 Å². The van der Waals surface area contributed by atoms with Crippen molar-refractivity contribution in [1.29, 1.82) is 0 Å². The van der Waals surface area contributed by atoms with E-state index < -0.39 is 0 Å². The number of amides is 1. The fraction of sp³-hybridized carbons (Fsp3) is 0.533. The molecule has 1 aliphatic rings. The Morgan fingerprint density at radius 1 is 1.38 bits per heavy atom. The number of carbonyl (C=O) groups excluding carboxylic acids is 1. The van der Waals surface area contributed by atoms with Crippen molar-refractivity contribution in [3.8, 4) is 0 Å². The third kappa shape index (κ3) is 4.50. The van der Waals surface area contributed by atoms with E-state index in [1.54, 1.807) is 12.1 Å². The largest absolute Gasteiger partial charge is 0.397 e. The molecule has 0 bridgehead atoms. The number of carbonyl (C=O) groups is 1. The minimum absolute atomic E-state index is 0.173. The van der Waals surface area contributed by atoms with Gasteiger partial charge in [-0.25, -0.2) is 0 Å². The first-order chi connectivity index (χ1) is 9.97. The van der Waals surface area contributed by atoms with Crippen LogP contribution in [-0.2, 0) is 0 Å². The highest BCUT2D eigenvalue weighted by Crippen LogP contribution is 2.29. The molecule has 1 heterocycles. The zero-order valence-corrected chi connectivity index (χ0v) is 13.7. The van der Waals surface area contributed by atoms with E-state index >= 15 is 0 Å². The Balaban J connectivity index is 1.86. The highest BCUT2D eigenvalue weighted by atomic mass is 35.5. The van der Waals surface area contributed by atoms with Gasteiger partial charge < -0.3 is 16.0 Å². The second-order valence-electron chi connectivity index (χ2n) is 5.68. The number of halogens is 2. The predicted octanol–water partition coefficient (Wildman–Crippen LogP) is 3.04. The summed E-state index contributed by atoms with van der Waals surface area (Å²) >= 11 is 11.8. The van der Waals surface area contributed by atoms with Gasteiger partial charge in [-0.2, -0.15) is 0 Å². The van der Waals surface area contributed by atoms with Crippen LogP contribution in [0.25, 0.3) is 0 Å². The number of hydrogen-bond acceptors (Lipinski definition) is 3. The Kier molecular flexibility index (Phi) is 5.73. The maximum absolute atomic E-state index is 12.1. The molecule has 4 nitrogen and oxygen atoms in total. The Morgan fingerprint density at radius 2 is 2.05 bits per heavy atom. The third-order valence-electron chi connectivity index (χ3n) is 3.70. The van der Waals surface area contributed by atoms with Crippen LogP contribution >= 0.6 is 23.2 Å². The van der Waals surface area contributed by atoms with E-state index in [-0.39, 0.29) is 10.9 Å². The van der Waals surface area contributed by atoms with Gasteiger partial charge in [0.1, 0.15) is 0 Å². The van der Waals surface area contributed by atoms with Crippen LogP contribution in [-0.4, -0.2) is 37.0 Å². The van der Waals surface area contributed by atoms with Crippen molar-refractivity contribution >= 4 is 34.8 Å². The van der Waals surface area contributed by atoms with E-state index in [4.69, 9.17) is 28.9 Å². The van der Waals surface area contributed by atoms with E-state index in [0.29, 0.717) is 28.7 Å². The topological polar surface area (TPSA) is 58.4 Å². The monoisotopic (exact) mass is 329 g/mol. The number of nitrogens with one attached hydrogen (secondary N) is 1. The number of nitrogens with zero attached hydrogens (tertiary/aromatic N) is 1. The molecule has 1 aromatic rings. The zero-order valence-electron chi connectivity index (χ0n) is 12.2. The summed E-state index contributed by atoms with van der Waals surface area (Å²) in [7, 11) is 0. The Morgan fingerprint density at radius 3 is 2.67 bits per heavy atom. The second kappa shape index (κ2) is 7.34. The van der Waals surface area contributed by atoms with Crippen LogP contribution in [0.1, 0.15) is 30.1 Å². The van der Waals surface area contributed by atoms with Gasteiger partial charge in [0.25, 0.3) is 5.91 Å². The number of rotatable bonds is 5. The third-order valence-corrected chi connectivity index (χ3v) is 4.51. The molecular formula is C15H21Cl2N3O. The van der Waals surface area contributed by atoms with Crippen LogP contribution in [0.4, 0.5) is 5.69 Å². The molecule has 0 aliphatic carbocycles. The first-order valence-corrected chi connectivity index (χ1v) is 7.98. The van der Waals surface area contributed by atoms with Crippen LogP contribution < -0.4 is 11.1 Å². The van der Waals surface area contributed by atoms with E-state index in [1.807, 2.05) is 0 Å². The summed E-state index contributed by atoms with van der Waals surface area (Å²) in [5, 5.41) is 3.51.